The van der Waals surface area contributed by atoms with Crippen molar-refractivity contribution in [3.63, 3.8) is 0 Å². The first-order valence-corrected chi connectivity index (χ1v) is 11.0. The molecule has 0 saturated carbocycles. The first-order valence-electron chi connectivity index (χ1n) is 11.0. The molecule has 0 radical (unpaired) electrons. The number of anilines is 3. The number of fused-ring (bicyclic) bond motifs is 3. The summed E-state index contributed by atoms with van der Waals surface area (Å²) in [4.78, 5) is 47.9. The van der Waals surface area contributed by atoms with Crippen molar-refractivity contribution in [1.82, 2.24) is 9.97 Å². The minimum Gasteiger partial charge on any atom is -0.454 e. The molecular weight excluding hydrogens is 438 g/mol. The van der Waals surface area contributed by atoms with Crippen LogP contribution in [0.3, 0.4) is 0 Å². The Morgan fingerprint density at radius 3 is 2.79 bits per heavy atom. The van der Waals surface area contributed by atoms with Crippen LogP contribution in [-0.4, -0.2) is 35.1 Å². The van der Waals surface area contributed by atoms with Gasteiger partial charge in [-0.1, -0.05) is 24.3 Å². The Hall–Kier alpha value is -4.34. The number of hydrogen-bond donors (Lipinski definition) is 3. The van der Waals surface area contributed by atoms with Gasteiger partial charge in [0.15, 0.2) is 11.5 Å². The SMILES string of the molecule is O=C1C[C@H](C(=O)Nc2ccc3c(c2)OCO3)c2c(nc(N3CCc4ccccc4C3)[nH]c2=O)N1. The molecule has 3 aliphatic heterocycles. The van der Waals surface area contributed by atoms with E-state index in [1.54, 1.807) is 18.2 Å². The first-order chi connectivity index (χ1) is 16.5. The summed E-state index contributed by atoms with van der Waals surface area (Å²) in [6, 6.07) is 13.2. The van der Waals surface area contributed by atoms with Gasteiger partial charge in [-0.2, -0.15) is 4.98 Å². The third kappa shape index (κ3) is 3.53. The van der Waals surface area contributed by atoms with Gasteiger partial charge in [-0.15, -0.1) is 0 Å². The van der Waals surface area contributed by atoms with Crippen LogP contribution < -0.4 is 30.6 Å². The summed E-state index contributed by atoms with van der Waals surface area (Å²) in [6.45, 7) is 1.40. The number of nitrogens with one attached hydrogen (secondary N) is 3. The molecule has 4 heterocycles. The molecule has 1 aromatic heterocycles. The van der Waals surface area contributed by atoms with Crippen molar-refractivity contribution in [2.24, 2.45) is 0 Å². The van der Waals surface area contributed by atoms with Crippen molar-refractivity contribution in [2.75, 3.05) is 28.9 Å². The van der Waals surface area contributed by atoms with E-state index in [0.717, 1.165) is 6.42 Å². The molecular formula is C24H21N5O5. The molecule has 3 aromatic rings. The first kappa shape index (κ1) is 20.3. The maximum absolute atomic E-state index is 13.1. The summed E-state index contributed by atoms with van der Waals surface area (Å²) in [5.74, 6) is -0.203. The lowest BCUT2D eigenvalue weighted by atomic mass is 9.92. The second-order valence-corrected chi connectivity index (χ2v) is 8.45. The lowest BCUT2D eigenvalue weighted by Gasteiger charge is -2.30. The quantitative estimate of drug-likeness (QED) is 0.548. The Kier molecular flexibility index (Phi) is 4.72. The van der Waals surface area contributed by atoms with Gasteiger partial charge < -0.3 is 25.0 Å². The molecule has 3 aliphatic rings. The summed E-state index contributed by atoms with van der Waals surface area (Å²) in [7, 11) is 0. The van der Waals surface area contributed by atoms with Crippen molar-refractivity contribution in [3.8, 4) is 11.5 Å². The van der Waals surface area contributed by atoms with Crippen LogP contribution in [-0.2, 0) is 22.6 Å². The second-order valence-electron chi connectivity index (χ2n) is 8.45. The fourth-order valence-electron chi connectivity index (χ4n) is 4.61. The van der Waals surface area contributed by atoms with Crippen LogP contribution in [0.25, 0.3) is 0 Å². The lowest BCUT2D eigenvalue weighted by molar-refractivity contribution is -0.123. The molecule has 34 heavy (non-hydrogen) atoms. The van der Waals surface area contributed by atoms with Crippen LogP contribution in [0.15, 0.2) is 47.3 Å². The van der Waals surface area contributed by atoms with E-state index < -0.39 is 17.4 Å². The largest absolute Gasteiger partial charge is 0.454 e. The van der Waals surface area contributed by atoms with Crippen molar-refractivity contribution >= 4 is 29.3 Å². The van der Waals surface area contributed by atoms with E-state index in [9.17, 15) is 14.4 Å². The number of hydrogen-bond acceptors (Lipinski definition) is 7. The summed E-state index contributed by atoms with van der Waals surface area (Å²) in [5, 5.41) is 5.44. The summed E-state index contributed by atoms with van der Waals surface area (Å²) in [6.07, 6.45) is 0.675. The predicted molar refractivity (Wildman–Crippen MR) is 123 cm³/mol. The fraction of sp³-hybridized carbons (Fsp3) is 0.250. The third-order valence-corrected chi connectivity index (χ3v) is 6.33. The maximum Gasteiger partial charge on any atom is 0.258 e. The topological polar surface area (TPSA) is 126 Å². The van der Waals surface area contributed by atoms with E-state index in [0.29, 0.717) is 36.2 Å². The van der Waals surface area contributed by atoms with Crippen molar-refractivity contribution in [2.45, 2.75) is 25.3 Å². The van der Waals surface area contributed by atoms with Crippen LogP contribution in [0.5, 0.6) is 11.5 Å². The van der Waals surface area contributed by atoms with Crippen LogP contribution in [0.1, 0.15) is 29.0 Å². The van der Waals surface area contributed by atoms with Crippen molar-refractivity contribution in [1.29, 1.82) is 0 Å². The van der Waals surface area contributed by atoms with Gasteiger partial charge in [0.2, 0.25) is 24.6 Å². The molecule has 10 nitrogen and oxygen atoms in total. The van der Waals surface area contributed by atoms with Crippen LogP contribution in [0.2, 0.25) is 0 Å². The van der Waals surface area contributed by atoms with Gasteiger partial charge in [0.1, 0.15) is 5.82 Å². The lowest BCUT2D eigenvalue weighted by Crippen LogP contribution is -2.38. The number of H-pyrrole nitrogens is 1. The van der Waals surface area contributed by atoms with Gasteiger partial charge in [0.05, 0.1) is 11.5 Å². The average molecular weight is 459 g/mol. The van der Waals surface area contributed by atoms with Gasteiger partial charge >= 0.3 is 0 Å². The molecule has 3 N–H and O–H groups in total. The molecule has 6 rings (SSSR count). The Bertz CT molecular complexity index is 1380. The van der Waals surface area contributed by atoms with E-state index in [1.807, 2.05) is 17.0 Å². The van der Waals surface area contributed by atoms with Crippen LogP contribution in [0.4, 0.5) is 17.5 Å². The monoisotopic (exact) mass is 459 g/mol. The average Bonchev–Trinajstić information content (AvgIpc) is 3.31. The molecule has 0 spiro atoms. The normalized spacial score (nSPS) is 18.1. The summed E-state index contributed by atoms with van der Waals surface area (Å²) in [5.41, 5.74) is 2.63. The van der Waals surface area contributed by atoms with Gasteiger partial charge in [0.25, 0.3) is 5.56 Å². The zero-order valence-electron chi connectivity index (χ0n) is 18.1. The van der Waals surface area contributed by atoms with Crippen molar-refractivity contribution in [3.05, 3.63) is 69.5 Å². The fourth-order valence-corrected chi connectivity index (χ4v) is 4.61. The summed E-state index contributed by atoms with van der Waals surface area (Å²) < 4.78 is 10.6. The third-order valence-electron chi connectivity index (χ3n) is 6.33. The van der Waals surface area contributed by atoms with Gasteiger partial charge in [0, 0.05) is 31.3 Å². The number of carbonyl (C=O) groups excluding carboxylic acids is 2. The zero-order valence-corrected chi connectivity index (χ0v) is 18.1. The number of amides is 2. The highest BCUT2D eigenvalue weighted by atomic mass is 16.7. The van der Waals surface area contributed by atoms with Gasteiger partial charge in [-0.05, 0) is 29.7 Å². The Morgan fingerprint density at radius 2 is 1.91 bits per heavy atom. The molecule has 0 fully saturated rings. The minimum absolute atomic E-state index is 0.120. The van der Waals surface area contributed by atoms with E-state index in [-0.39, 0.29) is 30.5 Å². The van der Waals surface area contributed by atoms with Crippen molar-refractivity contribution < 1.29 is 19.1 Å². The number of rotatable bonds is 3. The standard InChI is InChI=1S/C24H21N5O5/c30-19-10-16(22(31)25-15-5-6-17-18(9-15)34-12-33-17)20-21(26-19)27-24(28-23(20)32)29-8-7-13-3-1-2-4-14(13)11-29/h1-6,9,16H,7-8,10-12H2,(H,25,31)(H2,26,27,28,30,32)/t16-/m0/s1. The number of nitrogens with zero attached hydrogens (tertiary/aromatic N) is 2. The van der Waals surface area contributed by atoms with Gasteiger partial charge in [-0.25, -0.2) is 0 Å². The molecule has 172 valence electrons. The minimum atomic E-state index is -0.971. The molecule has 0 saturated heterocycles. The molecule has 2 aromatic carbocycles. The molecule has 0 unspecified atom stereocenters. The molecule has 0 bridgehead atoms. The van der Waals surface area contributed by atoms with E-state index in [2.05, 4.69) is 32.7 Å². The highest BCUT2D eigenvalue weighted by Gasteiger charge is 2.35. The molecule has 0 aliphatic carbocycles. The Labute approximate surface area is 193 Å². The van der Waals surface area contributed by atoms with Crippen LogP contribution >= 0.6 is 0 Å². The second kappa shape index (κ2) is 7.91. The smallest absolute Gasteiger partial charge is 0.258 e. The molecule has 1 atom stereocenters. The van der Waals surface area contributed by atoms with E-state index in [1.165, 1.54) is 11.1 Å². The number of aromatic nitrogens is 2. The highest BCUT2D eigenvalue weighted by molar-refractivity contribution is 6.04. The van der Waals surface area contributed by atoms with E-state index >= 15 is 0 Å². The predicted octanol–water partition coefficient (Wildman–Crippen LogP) is 2.13. The Balaban J connectivity index is 1.28. The van der Waals surface area contributed by atoms with Crippen LogP contribution in [0, 0.1) is 0 Å². The Morgan fingerprint density at radius 1 is 1.09 bits per heavy atom. The molecule has 10 heteroatoms. The molecule has 2 amide bonds. The zero-order chi connectivity index (χ0) is 23.2. The maximum atomic E-state index is 13.1. The number of aromatic amines is 1. The van der Waals surface area contributed by atoms with E-state index in [4.69, 9.17) is 9.47 Å². The summed E-state index contributed by atoms with van der Waals surface area (Å²) >= 11 is 0. The highest BCUT2D eigenvalue weighted by Crippen LogP contribution is 2.35. The number of carbonyl (C=O) groups is 2. The number of ether oxygens (including phenoxy) is 2. The van der Waals surface area contributed by atoms with Gasteiger partial charge in [-0.3, -0.25) is 19.4 Å². The number of benzene rings is 2.